The first-order chi connectivity index (χ1) is 11.7. The number of hydrogen-bond donors (Lipinski definition) is 1. The van der Waals surface area contributed by atoms with Crippen LogP contribution in [0.25, 0.3) is 11.5 Å². The molecular weight excluding hydrogens is 304 g/mol. The zero-order valence-corrected chi connectivity index (χ0v) is 13.3. The molecule has 24 heavy (non-hydrogen) atoms. The Bertz CT molecular complexity index is 969. The Morgan fingerprint density at radius 3 is 2.62 bits per heavy atom. The maximum absolute atomic E-state index is 4.32. The van der Waals surface area contributed by atoms with Crippen molar-refractivity contribution >= 4 is 11.5 Å². The van der Waals surface area contributed by atoms with Crippen molar-refractivity contribution in [3.05, 3.63) is 60.3 Å². The zero-order chi connectivity index (χ0) is 16.5. The third-order valence-electron chi connectivity index (χ3n) is 3.70. The lowest BCUT2D eigenvalue weighted by Gasteiger charge is -2.12. The zero-order valence-electron chi connectivity index (χ0n) is 13.3. The van der Waals surface area contributed by atoms with Gasteiger partial charge in [-0.3, -0.25) is 4.40 Å². The normalized spacial score (nSPS) is 12.4. The second kappa shape index (κ2) is 5.73. The van der Waals surface area contributed by atoms with E-state index < -0.39 is 0 Å². The number of aryl methyl sites for hydroxylation is 1. The smallest absolute Gasteiger partial charge is 0.175 e. The van der Waals surface area contributed by atoms with Gasteiger partial charge in [0.25, 0.3) is 0 Å². The molecule has 0 aliphatic carbocycles. The van der Waals surface area contributed by atoms with Crippen LogP contribution in [0.5, 0.6) is 0 Å². The Balaban J connectivity index is 1.54. The van der Waals surface area contributed by atoms with Gasteiger partial charge in [-0.05, 0) is 44.2 Å². The summed E-state index contributed by atoms with van der Waals surface area (Å²) < 4.78 is 3.65. The lowest BCUT2D eigenvalue weighted by Crippen LogP contribution is -2.12. The molecule has 8 heteroatoms. The molecule has 0 amide bonds. The average molecular weight is 320 g/mol. The maximum Gasteiger partial charge on any atom is 0.175 e. The van der Waals surface area contributed by atoms with Crippen molar-refractivity contribution in [3.8, 4) is 5.82 Å². The highest BCUT2D eigenvalue weighted by Crippen LogP contribution is 2.17. The predicted molar refractivity (Wildman–Crippen MR) is 88.9 cm³/mol. The summed E-state index contributed by atoms with van der Waals surface area (Å²) in [4.78, 5) is 0. The highest BCUT2D eigenvalue weighted by Gasteiger charge is 2.13. The van der Waals surface area contributed by atoms with Gasteiger partial charge in [0.05, 0.1) is 11.7 Å². The monoisotopic (exact) mass is 320 g/mol. The van der Waals surface area contributed by atoms with E-state index in [1.54, 1.807) is 4.68 Å². The molecule has 1 atom stereocenters. The largest absolute Gasteiger partial charge is 0.359 e. The van der Waals surface area contributed by atoms with Crippen LogP contribution in [0.3, 0.4) is 0 Å². The summed E-state index contributed by atoms with van der Waals surface area (Å²) in [7, 11) is 0. The van der Waals surface area contributed by atoms with Crippen LogP contribution >= 0.6 is 0 Å². The fourth-order valence-corrected chi connectivity index (χ4v) is 2.51. The summed E-state index contributed by atoms with van der Waals surface area (Å²) in [6.45, 7) is 3.94. The summed E-state index contributed by atoms with van der Waals surface area (Å²) in [6.07, 6.45) is 3.80. The number of pyridine rings is 1. The van der Waals surface area contributed by atoms with E-state index in [0.29, 0.717) is 11.6 Å². The standard InChI is InChI=1S/C16H16N8/c1-11-8-10-24(22-11)15-7-6-13(18-20-15)17-12(2)16-21-19-14-5-3-4-9-23(14)16/h3-10,12H,1-2H3,(H,17,18)/t12-/m0/s1. The number of fused-ring (bicyclic) bond motifs is 1. The van der Waals surface area contributed by atoms with Crippen LogP contribution in [0.2, 0.25) is 0 Å². The van der Waals surface area contributed by atoms with E-state index in [1.165, 1.54) is 0 Å². The first-order valence-electron chi connectivity index (χ1n) is 7.63. The van der Waals surface area contributed by atoms with E-state index in [2.05, 4.69) is 30.8 Å². The summed E-state index contributed by atoms with van der Waals surface area (Å²) in [5.41, 5.74) is 1.75. The number of nitrogens with one attached hydrogen (secondary N) is 1. The number of aromatic nitrogens is 7. The average Bonchev–Trinajstić information content (AvgIpc) is 3.22. The molecule has 0 aliphatic rings. The second-order valence-corrected chi connectivity index (χ2v) is 5.53. The lowest BCUT2D eigenvalue weighted by atomic mass is 10.3. The van der Waals surface area contributed by atoms with Crippen molar-refractivity contribution in [2.24, 2.45) is 0 Å². The Kier molecular flexibility index (Phi) is 3.42. The Hall–Kier alpha value is -3.29. The van der Waals surface area contributed by atoms with Gasteiger partial charge in [-0.15, -0.1) is 20.4 Å². The predicted octanol–water partition coefficient (Wildman–Crippen LogP) is 2.19. The summed E-state index contributed by atoms with van der Waals surface area (Å²) >= 11 is 0. The number of hydrogen-bond acceptors (Lipinski definition) is 6. The van der Waals surface area contributed by atoms with Gasteiger partial charge in [0.1, 0.15) is 5.82 Å². The van der Waals surface area contributed by atoms with Gasteiger partial charge in [0.15, 0.2) is 17.3 Å². The Morgan fingerprint density at radius 2 is 1.88 bits per heavy atom. The van der Waals surface area contributed by atoms with Crippen molar-refractivity contribution in [1.82, 2.24) is 34.6 Å². The summed E-state index contributed by atoms with van der Waals surface area (Å²) in [6, 6.07) is 11.4. The topological polar surface area (TPSA) is 85.8 Å². The molecule has 0 bridgehead atoms. The molecule has 0 saturated carbocycles. The number of nitrogens with zero attached hydrogens (tertiary/aromatic N) is 7. The molecule has 0 aliphatic heterocycles. The third-order valence-corrected chi connectivity index (χ3v) is 3.70. The van der Waals surface area contributed by atoms with Gasteiger partial charge < -0.3 is 5.32 Å². The second-order valence-electron chi connectivity index (χ2n) is 5.53. The highest BCUT2D eigenvalue weighted by molar-refractivity contribution is 5.41. The van der Waals surface area contributed by atoms with Crippen LogP contribution in [0.15, 0.2) is 48.8 Å². The van der Waals surface area contributed by atoms with Gasteiger partial charge in [-0.25, -0.2) is 4.68 Å². The van der Waals surface area contributed by atoms with E-state index in [4.69, 9.17) is 0 Å². The molecule has 4 aromatic heterocycles. The minimum atomic E-state index is -0.0607. The van der Waals surface area contributed by atoms with E-state index >= 15 is 0 Å². The van der Waals surface area contributed by atoms with Crippen molar-refractivity contribution in [3.63, 3.8) is 0 Å². The fraction of sp³-hybridized carbons (Fsp3) is 0.188. The van der Waals surface area contributed by atoms with Crippen molar-refractivity contribution in [2.45, 2.75) is 19.9 Å². The van der Waals surface area contributed by atoms with Crippen molar-refractivity contribution in [2.75, 3.05) is 5.32 Å². The molecule has 0 aromatic carbocycles. The van der Waals surface area contributed by atoms with Crippen LogP contribution in [0.4, 0.5) is 5.82 Å². The maximum atomic E-state index is 4.32. The quantitative estimate of drug-likeness (QED) is 0.620. The molecule has 4 heterocycles. The molecule has 8 nitrogen and oxygen atoms in total. The van der Waals surface area contributed by atoms with Crippen LogP contribution in [0.1, 0.15) is 24.5 Å². The van der Waals surface area contributed by atoms with Crippen molar-refractivity contribution in [1.29, 1.82) is 0 Å². The molecule has 0 radical (unpaired) electrons. The van der Waals surface area contributed by atoms with Crippen molar-refractivity contribution < 1.29 is 0 Å². The molecular formula is C16H16N8. The van der Waals surface area contributed by atoms with E-state index in [0.717, 1.165) is 17.2 Å². The highest BCUT2D eigenvalue weighted by atomic mass is 15.3. The van der Waals surface area contributed by atoms with Gasteiger partial charge in [-0.2, -0.15) is 5.10 Å². The SMILES string of the molecule is Cc1ccn(-c2ccc(N[C@@H](C)c3nnc4ccccn34)nn2)n1. The van der Waals surface area contributed by atoms with Crippen LogP contribution in [-0.2, 0) is 0 Å². The van der Waals surface area contributed by atoms with E-state index in [-0.39, 0.29) is 6.04 Å². The third kappa shape index (κ3) is 2.58. The fourth-order valence-electron chi connectivity index (χ4n) is 2.51. The summed E-state index contributed by atoms with van der Waals surface area (Å²) in [5.74, 6) is 2.16. The Morgan fingerprint density at radius 1 is 0.958 bits per heavy atom. The number of rotatable bonds is 4. The van der Waals surface area contributed by atoms with Crippen LogP contribution < -0.4 is 5.32 Å². The lowest BCUT2D eigenvalue weighted by molar-refractivity contribution is 0.757. The molecule has 0 fully saturated rings. The molecule has 0 unspecified atom stereocenters. The molecule has 0 saturated heterocycles. The number of anilines is 1. The van der Waals surface area contributed by atoms with Crippen LogP contribution in [-0.4, -0.2) is 34.6 Å². The van der Waals surface area contributed by atoms with E-state index in [1.807, 2.05) is 67.0 Å². The molecule has 120 valence electrons. The minimum absolute atomic E-state index is 0.0607. The molecule has 1 N–H and O–H groups in total. The minimum Gasteiger partial charge on any atom is -0.359 e. The molecule has 0 spiro atoms. The van der Waals surface area contributed by atoms with E-state index in [9.17, 15) is 0 Å². The molecule has 4 aromatic rings. The van der Waals surface area contributed by atoms with Gasteiger partial charge in [0, 0.05) is 12.4 Å². The summed E-state index contributed by atoms with van der Waals surface area (Å²) in [5, 5.41) is 24.4. The Labute approximate surface area is 138 Å². The van der Waals surface area contributed by atoms with Gasteiger partial charge >= 0.3 is 0 Å². The molecule has 4 rings (SSSR count). The first-order valence-corrected chi connectivity index (χ1v) is 7.63. The van der Waals surface area contributed by atoms with Gasteiger partial charge in [0.2, 0.25) is 0 Å². The first kappa shape index (κ1) is 14.3. The van der Waals surface area contributed by atoms with Gasteiger partial charge in [-0.1, -0.05) is 6.07 Å². The van der Waals surface area contributed by atoms with Crippen LogP contribution in [0, 0.1) is 6.92 Å².